The molecule has 8 heteroatoms. The summed E-state index contributed by atoms with van der Waals surface area (Å²) >= 11 is 0. The molecule has 7 nitrogen and oxygen atoms in total. The molecular weight excluding hydrogens is 266 g/mol. The van der Waals surface area contributed by atoms with Crippen LogP contribution in [0.1, 0.15) is 24.6 Å². The van der Waals surface area contributed by atoms with Gasteiger partial charge in [0.2, 0.25) is 0 Å². The molecule has 1 heterocycles. The normalized spacial score (nSPS) is 12.2. The molecule has 0 saturated heterocycles. The zero-order valence-electron chi connectivity index (χ0n) is 11.7. The Morgan fingerprint density at radius 2 is 2.21 bits per heavy atom. The Balaban J connectivity index is 2.40. The van der Waals surface area contributed by atoms with Gasteiger partial charge in [-0.2, -0.15) is 22.5 Å². The van der Waals surface area contributed by atoms with Crippen LogP contribution in [0.3, 0.4) is 0 Å². The molecule has 0 bridgehead atoms. The lowest BCUT2D eigenvalue weighted by Crippen LogP contribution is -2.39. The van der Waals surface area contributed by atoms with E-state index in [9.17, 15) is 8.42 Å². The van der Waals surface area contributed by atoms with E-state index < -0.39 is 10.2 Å². The van der Waals surface area contributed by atoms with Crippen molar-refractivity contribution in [2.24, 2.45) is 0 Å². The molecule has 0 aliphatic rings. The van der Waals surface area contributed by atoms with Crippen molar-refractivity contribution in [3.63, 3.8) is 0 Å². The van der Waals surface area contributed by atoms with Crippen LogP contribution in [-0.2, 0) is 16.8 Å². The van der Waals surface area contributed by atoms with Crippen LogP contribution in [0.15, 0.2) is 6.20 Å². The lowest BCUT2D eigenvalue weighted by atomic mass is 10.3. The Labute approximate surface area is 115 Å². The summed E-state index contributed by atoms with van der Waals surface area (Å²) in [6, 6.07) is 0. The maximum atomic E-state index is 12.0. The van der Waals surface area contributed by atoms with Crippen molar-refractivity contribution in [2.45, 2.75) is 26.8 Å². The molecule has 0 aliphatic carbocycles. The van der Waals surface area contributed by atoms with Crippen molar-refractivity contribution in [3.05, 3.63) is 17.5 Å². The predicted octanol–water partition coefficient (Wildman–Crippen LogP) is -0.0161. The highest BCUT2D eigenvalue weighted by Crippen LogP contribution is 2.03. The lowest BCUT2D eigenvalue weighted by Gasteiger charge is -2.17. The van der Waals surface area contributed by atoms with E-state index in [0.29, 0.717) is 6.54 Å². The van der Waals surface area contributed by atoms with Crippen LogP contribution in [0, 0.1) is 6.92 Å². The Morgan fingerprint density at radius 3 is 2.79 bits per heavy atom. The van der Waals surface area contributed by atoms with E-state index in [1.165, 1.54) is 4.31 Å². The van der Waals surface area contributed by atoms with Gasteiger partial charge in [-0.1, -0.05) is 6.92 Å². The minimum atomic E-state index is -3.43. The first-order valence-electron chi connectivity index (χ1n) is 6.38. The second kappa shape index (κ2) is 7.59. The number of aromatic nitrogens is 2. The van der Waals surface area contributed by atoms with Gasteiger partial charge in [-0.15, -0.1) is 0 Å². The Bertz CT molecular complexity index is 471. The highest BCUT2D eigenvalue weighted by molar-refractivity contribution is 7.87. The second-order valence-electron chi connectivity index (χ2n) is 4.38. The van der Waals surface area contributed by atoms with Gasteiger partial charge in [0.05, 0.1) is 6.20 Å². The third kappa shape index (κ3) is 5.27. The van der Waals surface area contributed by atoms with Crippen LogP contribution >= 0.6 is 0 Å². The number of hydrogen-bond donors (Lipinski definition) is 3. The molecule has 0 spiro atoms. The molecule has 3 N–H and O–H groups in total. The number of aryl methyl sites for hydroxylation is 1. The van der Waals surface area contributed by atoms with Gasteiger partial charge in [0.1, 0.15) is 0 Å². The summed E-state index contributed by atoms with van der Waals surface area (Å²) in [5, 5.41) is 9.79. The summed E-state index contributed by atoms with van der Waals surface area (Å²) in [6.07, 6.45) is 2.42. The van der Waals surface area contributed by atoms with Gasteiger partial charge in [0.15, 0.2) is 0 Å². The summed E-state index contributed by atoms with van der Waals surface area (Å²) in [5.74, 6) is 0. The Hall–Kier alpha value is -0.960. The zero-order valence-corrected chi connectivity index (χ0v) is 12.5. The number of nitrogens with zero attached hydrogens (tertiary/aromatic N) is 2. The van der Waals surface area contributed by atoms with Crippen LogP contribution in [-0.4, -0.2) is 49.6 Å². The van der Waals surface area contributed by atoms with E-state index in [0.717, 1.165) is 30.8 Å². The van der Waals surface area contributed by atoms with Crippen molar-refractivity contribution in [3.8, 4) is 0 Å². The maximum absolute atomic E-state index is 12.0. The molecular formula is C11H23N5O2S. The zero-order chi connectivity index (χ0) is 14.3. The van der Waals surface area contributed by atoms with Crippen LogP contribution in [0.5, 0.6) is 0 Å². The largest absolute Gasteiger partial charge is 0.317 e. The summed E-state index contributed by atoms with van der Waals surface area (Å²) in [4.78, 5) is 0. The van der Waals surface area contributed by atoms with Gasteiger partial charge in [-0.05, 0) is 26.4 Å². The fourth-order valence-electron chi connectivity index (χ4n) is 1.56. The molecule has 0 atom stereocenters. The topological polar surface area (TPSA) is 90.1 Å². The van der Waals surface area contributed by atoms with E-state index in [1.54, 1.807) is 13.2 Å². The standard InChI is InChI=1S/C11H23N5O2S/c1-4-12-6-5-7-16(3)19(17,18)14-9-11-8-13-15-10(11)2/h8,12,14H,4-7,9H2,1-3H3,(H,13,15). The number of nitrogens with one attached hydrogen (secondary N) is 3. The van der Waals surface area contributed by atoms with E-state index in [1.807, 2.05) is 13.8 Å². The molecule has 110 valence electrons. The summed E-state index contributed by atoms with van der Waals surface area (Å²) in [6.45, 7) is 6.34. The molecule has 0 aromatic carbocycles. The number of aromatic amines is 1. The Kier molecular flexibility index (Phi) is 6.43. The maximum Gasteiger partial charge on any atom is 0.279 e. The minimum Gasteiger partial charge on any atom is -0.317 e. The van der Waals surface area contributed by atoms with Crippen LogP contribution in [0.25, 0.3) is 0 Å². The summed E-state index contributed by atoms with van der Waals surface area (Å²) in [5.41, 5.74) is 1.72. The third-order valence-corrected chi connectivity index (χ3v) is 4.38. The number of H-pyrrole nitrogens is 1. The van der Waals surface area contributed by atoms with Gasteiger partial charge in [0, 0.05) is 31.4 Å². The van der Waals surface area contributed by atoms with E-state index in [2.05, 4.69) is 20.2 Å². The van der Waals surface area contributed by atoms with E-state index >= 15 is 0 Å². The smallest absolute Gasteiger partial charge is 0.279 e. The minimum absolute atomic E-state index is 0.252. The lowest BCUT2D eigenvalue weighted by molar-refractivity contribution is 0.445. The first-order chi connectivity index (χ1) is 8.97. The molecule has 0 aliphatic heterocycles. The van der Waals surface area contributed by atoms with E-state index in [4.69, 9.17) is 0 Å². The average molecular weight is 289 g/mol. The van der Waals surface area contributed by atoms with Gasteiger partial charge >= 0.3 is 0 Å². The molecule has 1 rings (SSSR count). The number of rotatable bonds is 9. The second-order valence-corrected chi connectivity index (χ2v) is 6.24. The molecule has 0 amide bonds. The van der Waals surface area contributed by atoms with Gasteiger partial charge in [-0.3, -0.25) is 5.10 Å². The van der Waals surface area contributed by atoms with Crippen molar-refractivity contribution >= 4 is 10.2 Å². The van der Waals surface area contributed by atoms with Gasteiger partial charge in [-0.25, -0.2) is 0 Å². The van der Waals surface area contributed by atoms with Gasteiger partial charge in [0.25, 0.3) is 10.2 Å². The first-order valence-corrected chi connectivity index (χ1v) is 7.82. The molecule has 1 aromatic rings. The first kappa shape index (κ1) is 16.1. The SMILES string of the molecule is CCNCCCN(C)S(=O)(=O)NCc1cn[nH]c1C. The van der Waals surface area contributed by atoms with Crippen LogP contribution in [0.2, 0.25) is 0 Å². The highest BCUT2D eigenvalue weighted by atomic mass is 32.2. The third-order valence-electron chi connectivity index (χ3n) is 2.87. The van der Waals surface area contributed by atoms with Crippen molar-refractivity contribution in [1.29, 1.82) is 0 Å². The number of hydrogen-bond acceptors (Lipinski definition) is 4. The Morgan fingerprint density at radius 1 is 1.47 bits per heavy atom. The van der Waals surface area contributed by atoms with Crippen molar-refractivity contribution in [2.75, 3.05) is 26.7 Å². The predicted molar refractivity (Wildman–Crippen MR) is 74.9 cm³/mol. The van der Waals surface area contributed by atoms with Crippen molar-refractivity contribution in [1.82, 2.24) is 24.5 Å². The average Bonchev–Trinajstić information content (AvgIpc) is 2.77. The molecule has 1 aromatic heterocycles. The van der Waals surface area contributed by atoms with E-state index in [-0.39, 0.29) is 6.54 Å². The van der Waals surface area contributed by atoms with Crippen LogP contribution in [0.4, 0.5) is 0 Å². The quantitative estimate of drug-likeness (QED) is 0.558. The molecule has 19 heavy (non-hydrogen) atoms. The fraction of sp³-hybridized carbons (Fsp3) is 0.727. The fourth-order valence-corrected chi connectivity index (χ4v) is 2.48. The molecule has 0 radical (unpaired) electrons. The molecule has 0 unspecified atom stereocenters. The summed E-state index contributed by atoms with van der Waals surface area (Å²) in [7, 11) is -1.85. The monoisotopic (exact) mass is 289 g/mol. The highest BCUT2D eigenvalue weighted by Gasteiger charge is 2.17. The summed E-state index contributed by atoms with van der Waals surface area (Å²) < 4.78 is 27.8. The molecule has 0 fully saturated rings. The molecule has 0 saturated carbocycles. The van der Waals surface area contributed by atoms with Gasteiger partial charge < -0.3 is 5.32 Å². The van der Waals surface area contributed by atoms with Crippen molar-refractivity contribution < 1.29 is 8.42 Å². The van der Waals surface area contributed by atoms with Crippen LogP contribution < -0.4 is 10.0 Å².